The fourth-order valence-electron chi connectivity index (χ4n) is 3.20. The molecular formula is C23H23N7OS. The second kappa shape index (κ2) is 9.19. The lowest BCUT2D eigenvalue weighted by Gasteiger charge is -2.17. The van der Waals surface area contributed by atoms with E-state index in [-0.39, 0.29) is 0 Å². The Balaban J connectivity index is 1.58. The van der Waals surface area contributed by atoms with E-state index < -0.39 is 0 Å². The van der Waals surface area contributed by atoms with Crippen LogP contribution in [-0.2, 0) is 0 Å². The molecule has 8 nitrogen and oxygen atoms in total. The summed E-state index contributed by atoms with van der Waals surface area (Å²) in [6.07, 6.45) is 5.14. The number of benzene rings is 2. The van der Waals surface area contributed by atoms with E-state index in [1.54, 1.807) is 6.20 Å². The quantitative estimate of drug-likeness (QED) is 0.230. The summed E-state index contributed by atoms with van der Waals surface area (Å²) in [5.41, 5.74) is 4.95. The average molecular weight is 446 g/mol. The summed E-state index contributed by atoms with van der Waals surface area (Å²) >= 11 is 1.47. The maximum Gasteiger partial charge on any atom is 0.188 e. The number of aryl methyl sites for hydroxylation is 1. The first-order valence-corrected chi connectivity index (χ1v) is 11.1. The summed E-state index contributed by atoms with van der Waals surface area (Å²) < 4.78 is 6.11. The zero-order valence-electron chi connectivity index (χ0n) is 18.3. The number of ether oxygens (including phenoxy) is 1. The molecule has 32 heavy (non-hydrogen) atoms. The summed E-state index contributed by atoms with van der Waals surface area (Å²) in [6.45, 7) is 5.66. The van der Waals surface area contributed by atoms with Gasteiger partial charge in [-0.1, -0.05) is 11.8 Å². The fourth-order valence-corrected chi connectivity index (χ4v) is 3.55. The standard InChI is InChI=1S/C23H23N7OS/c1-14-10-15(28-22-21-18(26-13-27-22)12-25-23(29-21)32-5)6-9-20(14)31-16-7-8-19(30(3)4)17(11-16)24-2/h6-13H,2H2,1,3-5H3,(H,26,27,28). The largest absolute Gasteiger partial charge is 0.457 e. The predicted octanol–water partition coefficient (Wildman–Crippen LogP) is 5.38. The lowest BCUT2D eigenvalue weighted by Crippen LogP contribution is -2.08. The molecule has 1 N–H and O–H groups in total. The number of fused-ring (bicyclic) bond motifs is 1. The van der Waals surface area contributed by atoms with Crippen LogP contribution in [0.15, 0.2) is 59.1 Å². The highest BCUT2D eigenvalue weighted by Crippen LogP contribution is 2.35. The van der Waals surface area contributed by atoms with Gasteiger partial charge >= 0.3 is 0 Å². The van der Waals surface area contributed by atoms with Crippen molar-refractivity contribution in [2.24, 2.45) is 4.99 Å². The molecule has 0 radical (unpaired) electrons. The SMILES string of the molecule is C=Nc1cc(Oc2ccc(Nc3ncnc4cnc(SC)nc34)cc2C)ccc1N(C)C. The zero-order chi connectivity index (χ0) is 22.7. The highest BCUT2D eigenvalue weighted by Gasteiger charge is 2.11. The summed E-state index contributed by atoms with van der Waals surface area (Å²) in [6, 6.07) is 11.6. The minimum atomic E-state index is 0.627. The molecule has 0 saturated carbocycles. The second-order valence-electron chi connectivity index (χ2n) is 7.22. The van der Waals surface area contributed by atoms with Crippen LogP contribution >= 0.6 is 11.8 Å². The Morgan fingerprint density at radius 3 is 2.66 bits per heavy atom. The summed E-state index contributed by atoms with van der Waals surface area (Å²) in [5, 5.41) is 4.00. The molecule has 9 heteroatoms. The number of nitrogens with one attached hydrogen (secondary N) is 1. The molecule has 0 spiro atoms. The van der Waals surface area contributed by atoms with E-state index in [9.17, 15) is 0 Å². The van der Waals surface area contributed by atoms with Gasteiger partial charge in [0.25, 0.3) is 0 Å². The average Bonchev–Trinajstić information content (AvgIpc) is 2.80. The van der Waals surface area contributed by atoms with Crippen molar-refractivity contribution >= 4 is 52.4 Å². The van der Waals surface area contributed by atoms with E-state index in [0.29, 0.717) is 27.8 Å². The molecule has 0 aliphatic heterocycles. The lowest BCUT2D eigenvalue weighted by atomic mass is 10.2. The molecule has 2 aromatic carbocycles. The van der Waals surface area contributed by atoms with Crippen LogP contribution in [0, 0.1) is 6.92 Å². The van der Waals surface area contributed by atoms with Gasteiger partial charge in [-0.25, -0.2) is 19.9 Å². The Hall–Kier alpha value is -3.72. The lowest BCUT2D eigenvalue weighted by molar-refractivity contribution is 0.479. The van der Waals surface area contributed by atoms with Crippen molar-refractivity contribution in [1.82, 2.24) is 19.9 Å². The molecule has 4 aromatic rings. The Kier molecular flexibility index (Phi) is 6.18. The highest BCUT2D eigenvalue weighted by atomic mass is 32.2. The number of aromatic nitrogens is 4. The first-order chi connectivity index (χ1) is 15.5. The fraction of sp³-hybridized carbons (Fsp3) is 0.174. The van der Waals surface area contributed by atoms with Gasteiger partial charge in [0.15, 0.2) is 11.0 Å². The topological polar surface area (TPSA) is 88.4 Å². The first kappa shape index (κ1) is 21.5. The van der Waals surface area contributed by atoms with Crippen molar-refractivity contribution < 1.29 is 4.74 Å². The molecule has 4 rings (SSSR count). The highest BCUT2D eigenvalue weighted by molar-refractivity contribution is 7.98. The van der Waals surface area contributed by atoms with E-state index >= 15 is 0 Å². The minimum Gasteiger partial charge on any atom is -0.457 e. The molecule has 0 amide bonds. The molecule has 162 valence electrons. The Labute approximate surface area is 190 Å². The van der Waals surface area contributed by atoms with Crippen LogP contribution in [0.5, 0.6) is 11.5 Å². The third-order valence-corrected chi connectivity index (χ3v) is 5.36. The van der Waals surface area contributed by atoms with E-state index in [1.807, 2.05) is 68.6 Å². The third kappa shape index (κ3) is 4.47. The maximum absolute atomic E-state index is 6.11. The molecule has 0 bridgehead atoms. The van der Waals surface area contributed by atoms with Crippen molar-refractivity contribution in [3.8, 4) is 11.5 Å². The Morgan fingerprint density at radius 2 is 1.94 bits per heavy atom. The van der Waals surface area contributed by atoms with Crippen LogP contribution in [0.4, 0.5) is 22.9 Å². The van der Waals surface area contributed by atoms with Crippen molar-refractivity contribution in [3.63, 3.8) is 0 Å². The van der Waals surface area contributed by atoms with Crippen molar-refractivity contribution in [2.45, 2.75) is 12.1 Å². The monoisotopic (exact) mass is 445 g/mol. The van der Waals surface area contributed by atoms with Gasteiger partial charge in [-0.05, 0) is 55.8 Å². The molecule has 2 heterocycles. The van der Waals surface area contributed by atoms with Crippen LogP contribution < -0.4 is 15.0 Å². The minimum absolute atomic E-state index is 0.627. The normalized spacial score (nSPS) is 10.8. The van der Waals surface area contributed by atoms with E-state index in [0.717, 1.165) is 28.4 Å². The van der Waals surface area contributed by atoms with Gasteiger partial charge < -0.3 is 15.0 Å². The number of rotatable bonds is 7. The van der Waals surface area contributed by atoms with Crippen molar-refractivity contribution in [1.29, 1.82) is 0 Å². The number of nitrogens with zero attached hydrogens (tertiary/aromatic N) is 6. The van der Waals surface area contributed by atoms with Gasteiger partial charge in [0, 0.05) is 25.8 Å². The number of hydrogen-bond donors (Lipinski definition) is 1. The van der Waals surface area contributed by atoms with Crippen LogP contribution in [0.2, 0.25) is 0 Å². The van der Waals surface area contributed by atoms with Gasteiger partial charge in [0.2, 0.25) is 0 Å². The first-order valence-electron chi connectivity index (χ1n) is 9.84. The van der Waals surface area contributed by atoms with Crippen LogP contribution in [-0.4, -0.2) is 47.0 Å². The van der Waals surface area contributed by atoms with Crippen molar-refractivity contribution in [3.05, 3.63) is 54.5 Å². The molecule has 0 saturated heterocycles. The summed E-state index contributed by atoms with van der Waals surface area (Å²) in [4.78, 5) is 23.5. The smallest absolute Gasteiger partial charge is 0.188 e. The molecule has 0 unspecified atom stereocenters. The van der Waals surface area contributed by atoms with Gasteiger partial charge in [0.05, 0.1) is 17.6 Å². The van der Waals surface area contributed by atoms with Gasteiger partial charge in [-0.15, -0.1) is 0 Å². The van der Waals surface area contributed by atoms with Gasteiger partial charge in [-0.3, -0.25) is 4.99 Å². The van der Waals surface area contributed by atoms with Gasteiger partial charge in [0.1, 0.15) is 28.9 Å². The molecule has 0 fully saturated rings. The van der Waals surface area contributed by atoms with Gasteiger partial charge in [-0.2, -0.15) is 0 Å². The third-order valence-electron chi connectivity index (χ3n) is 4.80. The van der Waals surface area contributed by atoms with Crippen LogP contribution in [0.1, 0.15) is 5.56 Å². The summed E-state index contributed by atoms with van der Waals surface area (Å²) in [5.74, 6) is 2.08. The number of aliphatic imine (C=N–C) groups is 1. The number of hydrogen-bond acceptors (Lipinski definition) is 9. The second-order valence-corrected chi connectivity index (χ2v) is 8.00. The molecule has 0 atom stereocenters. The predicted molar refractivity (Wildman–Crippen MR) is 131 cm³/mol. The molecule has 2 aromatic heterocycles. The Bertz CT molecular complexity index is 1290. The van der Waals surface area contributed by atoms with Crippen LogP contribution in [0.3, 0.4) is 0 Å². The number of thioether (sulfide) groups is 1. The van der Waals surface area contributed by atoms with Crippen LogP contribution in [0.25, 0.3) is 11.0 Å². The number of anilines is 3. The molecular weight excluding hydrogens is 422 g/mol. The maximum atomic E-state index is 6.11. The van der Waals surface area contributed by atoms with E-state index in [2.05, 4.69) is 37.0 Å². The Morgan fingerprint density at radius 1 is 1.09 bits per heavy atom. The molecule has 0 aliphatic carbocycles. The van der Waals surface area contributed by atoms with E-state index in [4.69, 9.17) is 4.74 Å². The van der Waals surface area contributed by atoms with E-state index in [1.165, 1.54) is 18.1 Å². The summed E-state index contributed by atoms with van der Waals surface area (Å²) in [7, 11) is 3.93. The molecule has 0 aliphatic rings. The van der Waals surface area contributed by atoms with Crippen molar-refractivity contribution in [2.75, 3.05) is 30.6 Å². The zero-order valence-corrected chi connectivity index (χ0v) is 19.1.